The second kappa shape index (κ2) is 9.47. The van der Waals surface area contributed by atoms with Gasteiger partial charge in [0.25, 0.3) is 0 Å². The lowest BCUT2D eigenvalue weighted by Crippen LogP contribution is -2.43. The van der Waals surface area contributed by atoms with Crippen molar-refractivity contribution in [3.63, 3.8) is 0 Å². The molecule has 0 aromatic heterocycles. The predicted octanol–water partition coefficient (Wildman–Crippen LogP) is 9.04. The quantitative estimate of drug-likeness (QED) is 0.415. The molecule has 1 heteroatoms. The zero-order valence-electron chi connectivity index (χ0n) is 23.9. The smallest absolute Gasteiger partial charge is 0.0243 e. The first-order valence-corrected chi connectivity index (χ1v) is 17.2. The van der Waals surface area contributed by atoms with Crippen molar-refractivity contribution in [3.05, 3.63) is 70.8 Å². The molecule has 0 amide bonds. The van der Waals surface area contributed by atoms with E-state index in [-0.39, 0.29) is 0 Å². The Balaban J connectivity index is 0.995. The van der Waals surface area contributed by atoms with E-state index in [0.29, 0.717) is 12.0 Å². The summed E-state index contributed by atoms with van der Waals surface area (Å²) in [6, 6.07) is 21.0. The highest BCUT2D eigenvalue weighted by Crippen LogP contribution is 2.61. The van der Waals surface area contributed by atoms with E-state index in [1.807, 2.05) is 0 Å². The Morgan fingerprint density at radius 1 is 0.487 bits per heavy atom. The number of rotatable bonds is 5. The van der Waals surface area contributed by atoms with E-state index in [0.717, 1.165) is 59.2 Å². The van der Waals surface area contributed by atoms with Gasteiger partial charge in [-0.25, -0.2) is 0 Å². The summed E-state index contributed by atoms with van der Waals surface area (Å²) >= 11 is 0. The molecule has 1 saturated heterocycles. The average molecular weight is 520 g/mol. The molecule has 1 aliphatic heterocycles. The molecule has 1 atom stereocenters. The van der Waals surface area contributed by atoms with Crippen molar-refractivity contribution in [2.24, 2.45) is 47.3 Å². The van der Waals surface area contributed by atoms with Crippen LogP contribution in [-0.4, -0.2) is 12.6 Å². The maximum atomic E-state index is 3.96. The van der Waals surface area contributed by atoms with Crippen molar-refractivity contribution in [1.29, 1.82) is 0 Å². The van der Waals surface area contributed by atoms with Crippen molar-refractivity contribution in [2.45, 2.75) is 107 Å². The highest BCUT2D eigenvalue weighted by atomic mass is 14.9. The summed E-state index contributed by atoms with van der Waals surface area (Å²) in [5.74, 6) is 10.3. The van der Waals surface area contributed by atoms with Gasteiger partial charge >= 0.3 is 0 Å². The van der Waals surface area contributed by atoms with E-state index in [2.05, 4.69) is 53.8 Å². The van der Waals surface area contributed by atoms with Gasteiger partial charge in [0.05, 0.1) is 0 Å². The molecule has 39 heavy (non-hydrogen) atoms. The minimum Gasteiger partial charge on any atom is -0.313 e. The summed E-state index contributed by atoms with van der Waals surface area (Å²) in [6.45, 7) is 1.18. The standard InChI is InChI=1S/C38H49N/c1-2-12-39-35(3-1)38(29-8-4-27(5-9-29)36-31-15-23-13-24(17-31)18-32(36)16-23)30-10-6-28(7-11-30)37-33-19-25-14-26(21-33)22-34(37)20-25/h4-11,23-26,31-39H,1-3,12-22H2/t23?,24?,25?,26?,31?,32?,33?,34?,35-,36?,37?,38?/m0/s1. The summed E-state index contributed by atoms with van der Waals surface area (Å²) in [5.41, 5.74) is 6.42. The van der Waals surface area contributed by atoms with Crippen LogP contribution in [0, 0.1) is 47.3 Å². The van der Waals surface area contributed by atoms with Crippen molar-refractivity contribution in [2.75, 3.05) is 6.54 Å². The van der Waals surface area contributed by atoms with E-state index in [1.54, 1.807) is 35.1 Å². The number of nitrogens with one attached hydrogen (secondary N) is 1. The molecule has 0 unspecified atom stereocenters. The fourth-order valence-corrected chi connectivity index (χ4v) is 12.6. The molecule has 1 nitrogen and oxygen atoms in total. The van der Waals surface area contributed by atoms with Gasteiger partial charge in [-0.2, -0.15) is 0 Å². The van der Waals surface area contributed by atoms with Crippen LogP contribution in [0.4, 0.5) is 0 Å². The normalized spacial score (nSPS) is 44.6. The molecule has 206 valence electrons. The molecule has 0 radical (unpaired) electrons. The lowest BCUT2D eigenvalue weighted by molar-refractivity contribution is -0.00283. The largest absolute Gasteiger partial charge is 0.313 e. The molecule has 9 aliphatic rings. The van der Waals surface area contributed by atoms with Crippen LogP contribution in [0.1, 0.15) is 123 Å². The SMILES string of the molecule is c1cc(C(c2ccc(C3C4CC5CC(C4)CC3C5)cc2)[C@@H]2CCCCN2)ccc1C1C2CC3CC(C2)CC1C3. The fraction of sp³-hybridized carbons (Fsp3) is 0.684. The average Bonchev–Trinajstić information content (AvgIpc) is 2.94. The van der Waals surface area contributed by atoms with Crippen LogP contribution in [0.5, 0.6) is 0 Å². The monoisotopic (exact) mass is 519 g/mol. The van der Waals surface area contributed by atoms with Gasteiger partial charge in [0.2, 0.25) is 0 Å². The molecule has 1 heterocycles. The topological polar surface area (TPSA) is 12.0 Å². The molecular weight excluding hydrogens is 470 g/mol. The molecule has 8 saturated carbocycles. The zero-order valence-corrected chi connectivity index (χ0v) is 23.9. The van der Waals surface area contributed by atoms with Gasteiger partial charge in [-0.1, -0.05) is 55.0 Å². The number of benzene rings is 2. The van der Waals surface area contributed by atoms with E-state index in [9.17, 15) is 0 Å². The molecule has 9 fully saturated rings. The first-order valence-electron chi connectivity index (χ1n) is 17.2. The van der Waals surface area contributed by atoms with Crippen molar-refractivity contribution in [1.82, 2.24) is 5.32 Å². The Kier molecular flexibility index (Phi) is 5.84. The van der Waals surface area contributed by atoms with Gasteiger partial charge in [-0.05, 0) is 165 Å². The van der Waals surface area contributed by atoms with Gasteiger partial charge < -0.3 is 5.32 Å². The highest BCUT2D eigenvalue weighted by Gasteiger charge is 2.49. The molecule has 2 aromatic carbocycles. The Bertz CT molecular complexity index is 1030. The second-order valence-corrected chi connectivity index (χ2v) is 15.8. The lowest BCUT2D eigenvalue weighted by Gasteiger charge is -2.54. The van der Waals surface area contributed by atoms with E-state index in [4.69, 9.17) is 0 Å². The maximum absolute atomic E-state index is 3.96. The molecule has 8 aliphatic carbocycles. The predicted molar refractivity (Wildman–Crippen MR) is 160 cm³/mol. The molecular formula is C38H49N. The third kappa shape index (κ3) is 4.11. The Hall–Kier alpha value is -1.60. The van der Waals surface area contributed by atoms with E-state index in [1.165, 1.54) is 77.2 Å². The van der Waals surface area contributed by atoms with Crippen molar-refractivity contribution >= 4 is 0 Å². The second-order valence-electron chi connectivity index (χ2n) is 15.8. The van der Waals surface area contributed by atoms with Gasteiger partial charge in [0, 0.05) is 12.0 Å². The van der Waals surface area contributed by atoms with Crippen LogP contribution < -0.4 is 5.32 Å². The Morgan fingerprint density at radius 2 is 0.897 bits per heavy atom. The summed E-state index contributed by atoms with van der Waals surface area (Å²) in [4.78, 5) is 0. The number of hydrogen-bond donors (Lipinski definition) is 1. The van der Waals surface area contributed by atoms with Crippen LogP contribution in [-0.2, 0) is 0 Å². The number of piperidine rings is 1. The van der Waals surface area contributed by atoms with Gasteiger partial charge in [-0.3, -0.25) is 0 Å². The minimum atomic E-state index is 0.477. The molecule has 2 aromatic rings. The summed E-state index contributed by atoms with van der Waals surface area (Å²) in [7, 11) is 0. The maximum Gasteiger partial charge on any atom is 0.0243 e. The first-order chi connectivity index (χ1) is 19.2. The first kappa shape index (κ1) is 24.0. The summed E-state index contributed by atoms with van der Waals surface area (Å²) in [5, 5.41) is 3.96. The third-order valence-corrected chi connectivity index (χ3v) is 13.6. The van der Waals surface area contributed by atoms with Crippen molar-refractivity contribution in [3.8, 4) is 0 Å². The molecule has 1 N–H and O–H groups in total. The fourth-order valence-electron chi connectivity index (χ4n) is 12.6. The summed E-state index contributed by atoms with van der Waals surface area (Å²) < 4.78 is 0. The van der Waals surface area contributed by atoms with Crippen LogP contribution in [0.15, 0.2) is 48.5 Å². The Labute approximate surface area is 236 Å². The highest BCUT2D eigenvalue weighted by molar-refractivity contribution is 5.40. The molecule has 8 bridgehead atoms. The Morgan fingerprint density at radius 3 is 1.26 bits per heavy atom. The molecule has 11 rings (SSSR count). The van der Waals surface area contributed by atoms with Crippen LogP contribution in [0.25, 0.3) is 0 Å². The minimum absolute atomic E-state index is 0.477. The van der Waals surface area contributed by atoms with Crippen LogP contribution in [0.2, 0.25) is 0 Å². The third-order valence-electron chi connectivity index (χ3n) is 13.6. The molecule has 0 spiro atoms. The summed E-state index contributed by atoms with van der Waals surface area (Å²) in [6.07, 6.45) is 19.3. The van der Waals surface area contributed by atoms with Crippen LogP contribution >= 0.6 is 0 Å². The van der Waals surface area contributed by atoms with E-state index < -0.39 is 0 Å². The lowest BCUT2D eigenvalue weighted by atomic mass is 9.50. The van der Waals surface area contributed by atoms with Gasteiger partial charge in [0.15, 0.2) is 0 Å². The zero-order chi connectivity index (χ0) is 25.5. The van der Waals surface area contributed by atoms with E-state index >= 15 is 0 Å². The van der Waals surface area contributed by atoms with Crippen molar-refractivity contribution < 1.29 is 0 Å². The van der Waals surface area contributed by atoms with Gasteiger partial charge in [-0.15, -0.1) is 0 Å². The van der Waals surface area contributed by atoms with Gasteiger partial charge in [0.1, 0.15) is 0 Å². The van der Waals surface area contributed by atoms with Crippen LogP contribution in [0.3, 0.4) is 0 Å². The number of hydrogen-bond acceptors (Lipinski definition) is 1.